The topological polar surface area (TPSA) is 17.3 Å². The molecule has 0 bridgehead atoms. The molecule has 0 N–H and O–H groups in total. The van der Waals surface area contributed by atoms with E-state index in [0.717, 1.165) is 28.5 Å². The van der Waals surface area contributed by atoms with Crippen molar-refractivity contribution in [3.8, 4) is 0 Å². The molecule has 3 rings (SSSR count). The van der Waals surface area contributed by atoms with Gasteiger partial charge in [0.1, 0.15) is 5.65 Å². The Hall–Kier alpha value is -1.51. The number of halogens is 2. The summed E-state index contributed by atoms with van der Waals surface area (Å²) in [5.74, 6) is 0.452. The molecule has 4 heteroatoms. The zero-order valence-corrected chi connectivity index (χ0v) is 12.6. The van der Waals surface area contributed by atoms with Crippen LogP contribution >= 0.6 is 23.2 Å². The van der Waals surface area contributed by atoms with Crippen LogP contribution < -0.4 is 0 Å². The average Bonchev–Trinajstić information content (AvgIpc) is 2.78. The Morgan fingerprint density at radius 3 is 2.55 bits per heavy atom. The highest BCUT2D eigenvalue weighted by molar-refractivity contribution is 6.30. The highest BCUT2D eigenvalue weighted by atomic mass is 35.5. The van der Waals surface area contributed by atoms with E-state index in [9.17, 15) is 0 Å². The van der Waals surface area contributed by atoms with E-state index in [4.69, 9.17) is 23.2 Å². The fourth-order valence-electron chi connectivity index (χ4n) is 2.33. The summed E-state index contributed by atoms with van der Waals surface area (Å²) in [6, 6.07) is 11.9. The van der Waals surface area contributed by atoms with E-state index in [-0.39, 0.29) is 0 Å². The fourth-order valence-corrected chi connectivity index (χ4v) is 2.74. The lowest BCUT2D eigenvalue weighted by Crippen LogP contribution is -1.95. The number of pyridine rings is 1. The SMILES string of the molecule is Cc1ccc2nc(Cc3ccc(Cl)cc3)c(CCl)n2c1. The van der Waals surface area contributed by atoms with Gasteiger partial charge in [-0.15, -0.1) is 11.6 Å². The lowest BCUT2D eigenvalue weighted by Gasteiger charge is -2.03. The maximum atomic E-state index is 6.11. The number of aryl methyl sites for hydroxylation is 1. The molecule has 0 radical (unpaired) electrons. The van der Waals surface area contributed by atoms with Crippen molar-refractivity contribution in [1.82, 2.24) is 9.38 Å². The first kappa shape index (κ1) is 13.5. The normalized spacial score (nSPS) is 11.2. The summed E-state index contributed by atoms with van der Waals surface area (Å²) in [5.41, 5.74) is 5.39. The zero-order chi connectivity index (χ0) is 14.1. The van der Waals surface area contributed by atoms with E-state index in [2.05, 4.69) is 28.6 Å². The van der Waals surface area contributed by atoms with Crippen LogP contribution in [0.25, 0.3) is 5.65 Å². The van der Waals surface area contributed by atoms with E-state index >= 15 is 0 Å². The van der Waals surface area contributed by atoms with Crippen LogP contribution in [0.5, 0.6) is 0 Å². The van der Waals surface area contributed by atoms with Crippen molar-refractivity contribution in [3.05, 3.63) is 70.1 Å². The van der Waals surface area contributed by atoms with Crippen molar-refractivity contribution in [2.75, 3.05) is 0 Å². The molecule has 0 amide bonds. The third-order valence-corrected chi connectivity index (χ3v) is 3.86. The third kappa shape index (κ3) is 2.54. The van der Waals surface area contributed by atoms with Gasteiger partial charge >= 0.3 is 0 Å². The first-order valence-corrected chi connectivity index (χ1v) is 7.35. The first-order valence-electron chi connectivity index (χ1n) is 6.44. The van der Waals surface area contributed by atoms with Crippen LogP contribution in [0.15, 0.2) is 42.6 Å². The Morgan fingerprint density at radius 2 is 1.85 bits per heavy atom. The van der Waals surface area contributed by atoms with Crippen LogP contribution in [0, 0.1) is 6.92 Å². The highest BCUT2D eigenvalue weighted by Gasteiger charge is 2.11. The lowest BCUT2D eigenvalue weighted by molar-refractivity contribution is 1.02. The van der Waals surface area contributed by atoms with Crippen molar-refractivity contribution in [1.29, 1.82) is 0 Å². The molecule has 2 aromatic heterocycles. The molecule has 20 heavy (non-hydrogen) atoms. The average molecular weight is 305 g/mol. The molecular weight excluding hydrogens is 291 g/mol. The van der Waals surface area contributed by atoms with Crippen LogP contribution in [0.3, 0.4) is 0 Å². The standard InChI is InChI=1S/C16H14Cl2N2/c1-11-2-7-16-19-14(15(9-17)20(16)10-11)8-12-3-5-13(18)6-4-12/h2-7,10H,8-9H2,1H3. The zero-order valence-electron chi connectivity index (χ0n) is 11.1. The summed E-state index contributed by atoms with van der Waals surface area (Å²) in [4.78, 5) is 4.69. The molecule has 0 aliphatic carbocycles. The summed E-state index contributed by atoms with van der Waals surface area (Å²) >= 11 is 12.0. The Balaban J connectivity index is 2.04. The highest BCUT2D eigenvalue weighted by Crippen LogP contribution is 2.20. The Bertz CT molecular complexity index is 745. The minimum Gasteiger partial charge on any atom is -0.302 e. The molecule has 0 saturated carbocycles. The summed E-state index contributed by atoms with van der Waals surface area (Å²) < 4.78 is 2.08. The van der Waals surface area contributed by atoms with Gasteiger partial charge in [0.15, 0.2) is 0 Å². The molecule has 2 heterocycles. The van der Waals surface area contributed by atoms with Gasteiger partial charge < -0.3 is 4.40 Å². The van der Waals surface area contributed by atoms with Crippen LogP contribution in [0.4, 0.5) is 0 Å². The summed E-state index contributed by atoms with van der Waals surface area (Å²) in [7, 11) is 0. The minimum absolute atomic E-state index is 0.452. The molecule has 0 spiro atoms. The maximum absolute atomic E-state index is 6.11. The van der Waals surface area contributed by atoms with Gasteiger partial charge in [0, 0.05) is 17.6 Å². The quantitative estimate of drug-likeness (QED) is 0.645. The lowest BCUT2D eigenvalue weighted by atomic mass is 10.1. The van der Waals surface area contributed by atoms with Gasteiger partial charge in [0.05, 0.1) is 17.3 Å². The monoisotopic (exact) mass is 304 g/mol. The second-order valence-corrected chi connectivity index (χ2v) is 5.58. The van der Waals surface area contributed by atoms with Gasteiger partial charge in [-0.3, -0.25) is 0 Å². The Labute approximate surface area is 128 Å². The van der Waals surface area contributed by atoms with Crippen molar-refractivity contribution in [3.63, 3.8) is 0 Å². The van der Waals surface area contributed by atoms with Gasteiger partial charge in [-0.2, -0.15) is 0 Å². The maximum Gasteiger partial charge on any atom is 0.137 e. The number of rotatable bonds is 3. The number of benzene rings is 1. The van der Waals surface area contributed by atoms with Crippen molar-refractivity contribution < 1.29 is 0 Å². The van der Waals surface area contributed by atoms with Crippen molar-refractivity contribution in [2.45, 2.75) is 19.2 Å². The molecule has 1 aromatic carbocycles. The molecule has 0 unspecified atom stereocenters. The molecule has 0 aliphatic heterocycles. The number of hydrogen-bond donors (Lipinski definition) is 0. The van der Waals surface area contributed by atoms with E-state index in [1.54, 1.807) is 0 Å². The molecule has 0 atom stereocenters. The minimum atomic E-state index is 0.452. The predicted molar refractivity (Wildman–Crippen MR) is 83.7 cm³/mol. The van der Waals surface area contributed by atoms with Crippen LogP contribution in [-0.4, -0.2) is 9.38 Å². The number of hydrogen-bond acceptors (Lipinski definition) is 1. The summed E-state index contributed by atoms with van der Waals surface area (Å²) in [5, 5.41) is 0.747. The number of nitrogens with zero attached hydrogens (tertiary/aromatic N) is 2. The number of aromatic nitrogens is 2. The largest absolute Gasteiger partial charge is 0.302 e. The van der Waals surface area contributed by atoms with Gasteiger partial charge in [-0.25, -0.2) is 4.98 Å². The van der Waals surface area contributed by atoms with Gasteiger partial charge in [0.2, 0.25) is 0 Å². The van der Waals surface area contributed by atoms with E-state index in [1.165, 1.54) is 11.1 Å². The third-order valence-electron chi connectivity index (χ3n) is 3.36. The summed E-state index contributed by atoms with van der Waals surface area (Å²) in [6.07, 6.45) is 2.84. The van der Waals surface area contributed by atoms with Gasteiger partial charge in [0.25, 0.3) is 0 Å². The second kappa shape index (κ2) is 5.47. The van der Waals surface area contributed by atoms with E-state index in [0.29, 0.717) is 5.88 Å². The Morgan fingerprint density at radius 1 is 1.10 bits per heavy atom. The first-order chi connectivity index (χ1) is 9.67. The van der Waals surface area contributed by atoms with Crippen LogP contribution in [0.1, 0.15) is 22.5 Å². The number of alkyl halides is 1. The predicted octanol–water partition coefficient (Wildman–Crippen LogP) is 4.63. The smallest absolute Gasteiger partial charge is 0.137 e. The van der Waals surface area contributed by atoms with Crippen LogP contribution in [0.2, 0.25) is 5.02 Å². The van der Waals surface area contributed by atoms with Crippen LogP contribution in [-0.2, 0) is 12.3 Å². The molecule has 2 nitrogen and oxygen atoms in total. The van der Waals surface area contributed by atoms with E-state index < -0.39 is 0 Å². The Kier molecular flexibility index (Phi) is 3.68. The molecule has 3 aromatic rings. The second-order valence-electron chi connectivity index (χ2n) is 4.88. The van der Waals surface area contributed by atoms with Crippen molar-refractivity contribution >= 4 is 28.8 Å². The number of imidazole rings is 1. The van der Waals surface area contributed by atoms with Gasteiger partial charge in [-0.1, -0.05) is 29.8 Å². The number of fused-ring (bicyclic) bond motifs is 1. The molecule has 0 aliphatic rings. The molecule has 102 valence electrons. The molecular formula is C16H14Cl2N2. The van der Waals surface area contributed by atoms with Gasteiger partial charge in [-0.05, 0) is 36.2 Å². The summed E-state index contributed by atoms with van der Waals surface area (Å²) in [6.45, 7) is 2.07. The molecule has 0 saturated heterocycles. The molecule has 0 fully saturated rings. The van der Waals surface area contributed by atoms with E-state index in [1.807, 2.05) is 30.3 Å². The fraction of sp³-hybridized carbons (Fsp3) is 0.188. The van der Waals surface area contributed by atoms with Crippen molar-refractivity contribution in [2.24, 2.45) is 0 Å².